The van der Waals surface area contributed by atoms with Gasteiger partial charge in [0.2, 0.25) is 0 Å². The first-order valence-electron chi connectivity index (χ1n) is 21.1. The highest BCUT2D eigenvalue weighted by Crippen LogP contribution is 2.38. The van der Waals surface area contributed by atoms with Crippen molar-refractivity contribution in [2.75, 3.05) is 39.6 Å². The van der Waals surface area contributed by atoms with E-state index in [0.29, 0.717) is 0 Å². The van der Waals surface area contributed by atoms with Gasteiger partial charge in [0.1, 0.15) is 146 Å². The highest BCUT2D eigenvalue weighted by Gasteiger charge is 2.58. The molecule has 384 valence electrons. The largest absolute Gasteiger partial charge is 0.394 e. The molecule has 12 bridgehead atoms. The van der Waals surface area contributed by atoms with Gasteiger partial charge < -0.3 is 149 Å². The molecule has 0 aromatic rings. The van der Waals surface area contributed by atoms with E-state index in [-0.39, 0.29) is 0 Å². The predicted octanol–water partition coefficient (Wildman–Crippen LogP) is -13.1. The first-order valence-corrected chi connectivity index (χ1v) is 21.1. The molecule has 30 heteroatoms. The van der Waals surface area contributed by atoms with Crippen LogP contribution in [-0.4, -0.2) is 316 Å². The van der Waals surface area contributed by atoms with E-state index in [1.807, 2.05) is 0 Å². The van der Waals surface area contributed by atoms with Crippen LogP contribution >= 0.6 is 0 Å². The van der Waals surface area contributed by atoms with Crippen LogP contribution in [0.15, 0.2) is 0 Å². The lowest BCUT2D eigenvalue weighted by atomic mass is 9.94. The van der Waals surface area contributed by atoms with Crippen LogP contribution in [0.25, 0.3) is 0 Å². The summed E-state index contributed by atoms with van der Waals surface area (Å²) in [5.41, 5.74) is 0. The maximum atomic E-state index is 11.2. The van der Waals surface area contributed by atoms with E-state index in [9.17, 15) is 91.9 Å². The SMILES string of the molecule is OCC1O[C@@H]2O[C@@H]3C(CO)O[C@H](O[C@@H]4C(CO)O[C@H](OC5C(CO)OC(O[C@@H]6C(CO)O[C@H](O[C@@H]7C(CO)O[C@H](OC1[C@H](O)C2O)C(O)[C@H]7O)C(O)[C@H]6O)[C@@H](O)[C@H]5O)C(O)[C@H]4O)C(O)[C@H]3O. The average Bonchev–Trinajstić information content (AvgIpc) is 3.31. The fraction of sp³-hybridized carbons (Fsp3) is 1.00. The van der Waals surface area contributed by atoms with Crippen LogP contribution in [0.1, 0.15) is 0 Å². The Hall–Kier alpha value is -1.20. The third-order valence-electron chi connectivity index (χ3n) is 12.7. The first kappa shape index (κ1) is 52.6. The van der Waals surface area contributed by atoms with E-state index in [4.69, 9.17) is 56.8 Å². The maximum absolute atomic E-state index is 11.2. The Morgan fingerprint density at radius 1 is 0.182 bits per heavy atom. The van der Waals surface area contributed by atoms with Gasteiger partial charge in [0, 0.05) is 0 Å². The van der Waals surface area contributed by atoms with E-state index in [2.05, 4.69) is 0 Å². The summed E-state index contributed by atoms with van der Waals surface area (Å²) in [6.07, 6.45) is -58.5. The Bertz CT molecular complexity index is 1230. The van der Waals surface area contributed by atoms with Gasteiger partial charge in [-0.3, -0.25) is 0 Å². The van der Waals surface area contributed by atoms with Crippen LogP contribution in [0.2, 0.25) is 0 Å². The molecule has 66 heavy (non-hydrogen) atoms. The van der Waals surface area contributed by atoms with Crippen LogP contribution in [-0.2, 0) is 56.8 Å². The molecule has 0 saturated carbocycles. The third kappa shape index (κ3) is 10.0. The van der Waals surface area contributed by atoms with Crippen LogP contribution in [0.5, 0.6) is 0 Å². The Labute approximate surface area is 372 Å². The monoisotopic (exact) mass is 972 g/mol. The zero-order valence-corrected chi connectivity index (χ0v) is 34.5. The third-order valence-corrected chi connectivity index (χ3v) is 12.7. The van der Waals surface area contributed by atoms with Gasteiger partial charge in [-0.2, -0.15) is 0 Å². The Morgan fingerprint density at radius 3 is 0.409 bits per heavy atom. The van der Waals surface area contributed by atoms with Crippen molar-refractivity contribution < 1.29 is 149 Å². The quantitative estimate of drug-likeness (QED) is 0.117. The molecule has 30 nitrogen and oxygen atoms in total. The molecule has 30 atom stereocenters. The topological polar surface area (TPSA) is 475 Å². The van der Waals surface area contributed by atoms with Crippen LogP contribution in [0.3, 0.4) is 0 Å². The Morgan fingerprint density at radius 2 is 0.303 bits per heavy atom. The molecule has 14 unspecified atom stereocenters. The number of hydrogen-bond acceptors (Lipinski definition) is 30. The molecule has 22 fully saturated rings. The first-order chi connectivity index (χ1) is 31.4. The molecule has 0 aromatic carbocycles. The lowest BCUT2D eigenvalue weighted by Gasteiger charge is -2.50. The molecular weight excluding hydrogens is 912 g/mol. The highest BCUT2D eigenvalue weighted by molar-refractivity contribution is 5.01. The van der Waals surface area contributed by atoms with E-state index >= 15 is 0 Å². The number of rotatable bonds is 6. The van der Waals surface area contributed by atoms with Gasteiger partial charge in [0.05, 0.1) is 39.6 Å². The lowest BCUT2D eigenvalue weighted by molar-refractivity contribution is -0.404. The van der Waals surface area contributed by atoms with Crippen molar-refractivity contribution in [3.05, 3.63) is 0 Å². The fourth-order valence-corrected chi connectivity index (χ4v) is 8.93. The van der Waals surface area contributed by atoms with Crippen molar-refractivity contribution in [1.82, 2.24) is 0 Å². The summed E-state index contributed by atoms with van der Waals surface area (Å²) < 4.78 is 67.9. The second-order valence-corrected chi connectivity index (χ2v) is 16.8. The molecule has 18 N–H and O–H groups in total. The van der Waals surface area contributed by atoms with Crippen molar-refractivity contribution in [3.63, 3.8) is 0 Å². The summed E-state index contributed by atoms with van der Waals surface area (Å²) in [7, 11) is 0. The minimum absolute atomic E-state index is 0.999. The second kappa shape index (κ2) is 22.1. The van der Waals surface area contributed by atoms with Gasteiger partial charge >= 0.3 is 0 Å². The van der Waals surface area contributed by atoms with Gasteiger partial charge in [0.25, 0.3) is 0 Å². The molecule has 22 rings (SSSR count). The standard InChI is InChI=1S/C36H60O30/c37-1-7-25-13(43)19(49)31(55-7)62-26-8(2-38)57-33(21(51)15(26)45)64-28-10(4-40)59-35(23(53)17(28)47)66-30-12(6-42)60-36(24(54)18(30)48)65-29-11(5-41)58-34(22(52)16(29)46)63-27-9(3-39)56-32(61-25)20(50)14(27)44/h7-54H,1-6H2/t7?,8?,9?,10?,11?,12?,13-,14-,15-,16-,17-,18-,19+,20?,21?,22?,23?,24?,25?,26-,27-,28-,29-,30?,31?,32-,33-,34-,35-,36-/m1/s1. The van der Waals surface area contributed by atoms with Crippen molar-refractivity contribution in [2.45, 2.75) is 184 Å². The smallest absolute Gasteiger partial charge is 0.187 e. The molecule has 22 aliphatic heterocycles. The molecule has 22 aliphatic rings. The molecule has 0 amide bonds. The highest BCUT2D eigenvalue weighted by atomic mass is 16.8. The van der Waals surface area contributed by atoms with E-state index in [1.165, 1.54) is 0 Å². The number of hydrogen-bond donors (Lipinski definition) is 18. The summed E-state index contributed by atoms with van der Waals surface area (Å²) in [5.74, 6) is 0. The van der Waals surface area contributed by atoms with Gasteiger partial charge in [-0.25, -0.2) is 0 Å². The van der Waals surface area contributed by atoms with E-state index < -0.39 is 224 Å². The molecule has 22 saturated heterocycles. The molecule has 0 radical (unpaired) electrons. The number of aliphatic hydroxyl groups excluding tert-OH is 18. The van der Waals surface area contributed by atoms with Crippen molar-refractivity contribution >= 4 is 0 Å². The van der Waals surface area contributed by atoms with Gasteiger partial charge in [-0.1, -0.05) is 0 Å². The van der Waals surface area contributed by atoms with E-state index in [1.54, 1.807) is 0 Å². The van der Waals surface area contributed by atoms with Crippen LogP contribution in [0.4, 0.5) is 0 Å². The number of ether oxygens (including phenoxy) is 12. The van der Waals surface area contributed by atoms with Crippen molar-refractivity contribution in [2.24, 2.45) is 0 Å². The second-order valence-electron chi connectivity index (χ2n) is 16.8. The summed E-state index contributed by atoms with van der Waals surface area (Å²) >= 11 is 0. The Kier molecular flexibility index (Phi) is 17.6. The zero-order chi connectivity index (χ0) is 48.0. The van der Waals surface area contributed by atoms with Crippen LogP contribution in [0, 0.1) is 0 Å². The van der Waals surface area contributed by atoms with Gasteiger partial charge in [-0.15, -0.1) is 0 Å². The predicted molar refractivity (Wildman–Crippen MR) is 196 cm³/mol. The fourth-order valence-electron chi connectivity index (χ4n) is 8.93. The number of aliphatic hydroxyl groups is 18. The maximum Gasteiger partial charge on any atom is 0.187 e. The van der Waals surface area contributed by atoms with Crippen molar-refractivity contribution in [1.29, 1.82) is 0 Å². The van der Waals surface area contributed by atoms with Gasteiger partial charge in [0.15, 0.2) is 37.7 Å². The Balaban J connectivity index is 1.19. The van der Waals surface area contributed by atoms with Crippen LogP contribution < -0.4 is 0 Å². The molecule has 22 heterocycles. The van der Waals surface area contributed by atoms with Crippen molar-refractivity contribution in [3.8, 4) is 0 Å². The zero-order valence-electron chi connectivity index (χ0n) is 34.5. The minimum Gasteiger partial charge on any atom is -0.394 e. The summed E-state index contributed by atoms with van der Waals surface area (Å²) in [6, 6.07) is 0. The summed E-state index contributed by atoms with van der Waals surface area (Å²) in [4.78, 5) is 0. The molecule has 0 spiro atoms. The summed E-state index contributed by atoms with van der Waals surface area (Å²) in [5, 5.41) is 196. The minimum atomic E-state index is -2.15. The molecule has 0 aliphatic carbocycles. The lowest BCUT2D eigenvalue weighted by Crippen LogP contribution is -2.69. The summed E-state index contributed by atoms with van der Waals surface area (Å²) in [6.45, 7) is -5.99. The molecular formula is C36H60O30. The molecule has 0 aromatic heterocycles. The van der Waals surface area contributed by atoms with Gasteiger partial charge in [-0.05, 0) is 0 Å². The average molecular weight is 973 g/mol. The van der Waals surface area contributed by atoms with E-state index in [0.717, 1.165) is 0 Å². The normalized spacial score (nSPS) is 55.4.